The van der Waals surface area contributed by atoms with E-state index < -0.39 is 0 Å². The van der Waals surface area contributed by atoms with Gasteiger partial charge in [0, 0.05) is 23.8 Å². The summed E-state index contributed by atoms with van der Waals surface area (Å²) in [7, 11) is 0. The predicted octanol–water partition coefficient (Wildman–Crippen LogP) is 7.41. The Morgan fingerprint density at radius 1 is 0.844 bits per heavy atom. The Hall–Kier alpha value is -2.29. The average molecular weight is 451 g/mol. The van der Waals surface area contributed by atoms with Crippen LogP contribution in [0, 0.1) is 12.8 Å². The van der Waals surface area contributed by atoms with Crippen LogP contribution >= 0.6 is 11.6 Å². The minimum Gasteiger partial charge on any atom is -0.371 e. The molecule has 1 N–H and O–H groups in total. The van der Waals surface area contributed by atoms with Gasteiger partial charge in [-0.2, -0.15) is 0 Å². The van der Waals surface area contributed by atoms with Crippen LogP contribution in [0.2, 0.25) is 5.02 Å². The van der Waals surface area contributed by atoms with Crippen LogP contribution in [-0.2, 0) is 6.42 Å². The normalized spacial score (nSPS) is 14.6. The highest BCUT2D eigenvalue weighted by atomic mass is 35.5. The van der Waals surface area contributed by atoms with Gasteiger partial charge in [0.15, 0.2) is 0 Å². The molecule has 32 heavy (non-hydrogen) atoms. The van der Waals surface area contributed by atoms with E-state index in [1.807, 2.05) is 44.2 Å². The smallest absolute Gasteiger partial charge is 0.0407 e. The molecule has 2 nitrogen and oxygen atoms in total. The molecule has 0 aromatic heterocycles. The Balaban J connectivity index is 0.000000340. The Morgan fingerprint density at radius 3 is 2.00 bits per heavy atom. The van der Waals surface area contributed by atoms with Gasteiger partial charge in [-0.05, 0) is 75.0 Å². The van der Waals surface area contributed by atoms with Crippen molar-refractivity contribution in [2.24, 2.45) is 5.92 Å². The molecule has 0 amide bonds. The number of rotatable bonds is 7. The summed E-state index contributed by atoms with van der Waals surface area (Å²) >= 11 is 6.04. The Labute approximate surface area is 200 Å². The zero-order valence-corrected chi connectivity index (χ0v) is 20.7. The lowest BCUT2D eigenvalue weighted by Gasteiger charge is -2.26. The molecule has 0 spiro atoms. The molecule has 3 aromatic rings. The van der Waals surface area contributed by atoms with Gasteiger partial charge in [-0.15, -0.1) is 0 Å². The van der Waals surface area contributed by atoms with Gasteiger partial charge in [-0.1, -0.05) is 91.7 Å². The maximum atomic E-state index is 6.04. The molecule has 0 aliphatic carbocycles. The van der Waals surface area contributed by atoms with Crippen molar-refractivity contribution in [1.82, 2.24) is 5.32 Å². The molecular formula is C29H39ClN2. The summed E-state index contributed by atoms with van der Waals surface area (Å²) < 4.78 is 0. The minimum atomic E-state index is 0.803. The summed E-state index contributed by atoms with van der Waals surface area (Å²) in [4.78, 5) is 2.50. The van der Waals surface area contributed by atoms with Crippen molar-refractivity contribution in [3.63, 3.8) is 0 Å². The largest absolute Gasteiger partial charge is 0.371 e. The molecule has 1 heterocycles. The molecular weight excluding hydrogens is 412 g/mol. The molecule has 0 saturated carbocycles. The summed E-state index contributed by atoms with van der Waals surface area (Å²) in [6.45, 7) is 10.6. The second-order valence-corrected chi connectivity index (χ2v) is 8.44. The van der Waals surface area contributed by atoms with Crippen LogP contribution in [0.5, 0.6) is 0 Å². The van der Waals surface area contributed by atoms with E-state index in [4.69, 9.17) is 11.6 Å². The highest BCUT2D eigenvalue weighted by Crippen LogP contribution is 2.21. The van der Waals surface area contributed by atoms with Crippen LogP contribution in [0.3, 0.4) is 0 Å². The van der Waals surface area contributed by atoms with Crippen LogP contribution in [-0.4, -0.2) is 26.2 Å². The van der Waals surface area contributed by atoms with Crippen LogP contribution in [0.4, 0.5) is 5.69 Å². The molecule has 1 atom stereocenters. The summed E-state index contributed by atoms with van der Waals surface area (Å²) in [5, 5.41) is 4.27. The van der Waals surface area contributed by atoms with E-state index >= 15 is 0 Å². The van der Waals surface area contributed by atoms with E-state index in [0.717, 1.165) is 30.5 Å². The third-order valence-electron chi connectivity index (χ3n) is 5.62. The predicted molar refractivity (Wildman–Crippen MR) is 142 cm³/mol. The summed E-state index contributed by atoms with van der Waals surface area (Å²) in [5.74, 6) is 0.821. The van der Waals surface area contributed by atoms with E-state index in [-0.39, 0.29) is 0 Å². The lowest BCUT2D eigenvalue weighted by Crippen LogP contribution is -2.28. The molecule has 1 aliphatic rings. The maximum absolute atomic E-state index is 6.04. The van der Waals surface area contributed by atoms with Crippen molar-refractivity contribution in [2.75, 3.05) is 31.1 Å². The van der Waals surface area contributed by atoms with E-state index in [0.29, 0.717) is 0 Å². The third-order valence-corrected chi connectivity index (χ3v) is 5.87. The van der Waals surface area contributed by atoms with Gasteiger partial charge in [-0.25, -0.2) is 0 Å². The van der Waals surface area contributed by atoms with Gasteiger partial charge >= 0.3 is 0 Å². The van der Waals surface area contributed by atoms with Crippen molar-refractivity contribution in [2.45, 2.75) is 40.0 Å². The van der Waals surface area contributed by atoms with E-state index in [1.165, 1.54) is 42.7 Å². The monoisotopic (exact) mass is 450 g/mol. The molecule has 1 saturated heterocycles. The molecule has 4 rings (SSSR count). The number of aryl methyl sites for hydroxylation is 1. The number of anilines is 1. The minimum absolute atomic E-state index is 0.803. The first-order valence-electron chi connectivity index (χ1n) is 12.0. The molecule has 1 fully saturated rings. The fourth-order valence-electron chi connectivity index (χ4n) is 3.76. The lowest BCUT2D eigenvalue weighted by atomic mass is 10.0. The SMILES string of the molecule is CC.Cc1ccccc1.Clc1ccc(N(CCc2ccccc2)CCC2CCNC2)cc1. The van der Waals surface area contributed by atoms with E-state index in [9.17, 15) is 0 Å². The zero-order chi connectivity index (χ0) is 23.0. The number of nitrogens with zero attached hydrogens (tertiary/aromatic N) is 1. The fraction of sp³-hybridized carbons (Fsp3) is 0.379. The second kappa shape index (κ2) is 15.5. The Morgan fingerprint density at radius 2 is 1.47 bits per heavy atom. The maximum Gasteiger partial charge on any atom is 0.0407 e. The number of hydrogen-bond acceptors (Lipinski definition) is 2. The third kappa shape index (κ3) is 9.89. The van der Waals surface area contributed by atoms with E-state index in [1.54, 1.807) is 0 Å². The van der Waals surface area contributed by atoms with Crippen LogP contribution in [0.25, 0.3) is 0 Å². The van der Waals surface area contributed by atoms with Gasteiger partial charge in [0.1, 0.15) is 0 Å². The van der Waals surface area contributed by atoms with Gasteiger partial charge in [0.05, 0.1) is 0 Å². The fourth-order valence-corrected chi connectivity index (χ4v) is 3.89. The number of hydrogen-bond donors (Lipinski definition) is 1. The molecule has 3 aromatic carbocycles. The summed E-state index contributed by atoms with van der Waals surface area (Å²) in [5.41, 5.74) is 3.99. The average Bonchev–Trinajstić information content (AvgIpc) is 3.37. The van der Waals surface area contributed by atoms with Crippen molar-refractivity contribution < 1.29 is 0 Å². The second-order valence-electron chi connectivity index (χ2n) is 8.00. The zero-order valence-electron chi connectivity index (χ0n) is 19.9. The van der Waals surface area contributed by atoms with Crippen molar-refractivity contribution in [1.29, 1.82) is 0 Å². The van der Waals surface area contributed by atoms with Gasteiger partial charge < -0.3 is 10.2 Å². The topological polar surface area (TPSA) is 15.3 Å². The first-order valence-corrected chi connectivity index (χ1v) is 12.4. The molecule has 0 radical (unpaired) electrons. The standard InChI is InChI=1S/C20H25ClN2.C7H8.C2H6/c21-19-6-8-20(9-7-19)23(15-12-18-10-13-22-16-18)14-11-17-4-2-1-3-5-17;1-7-5-3-2-4-6-7;1-2/h1-9,18,22H,10-16H2;2-6H,1H3;1-2H3. The molecule has 172 valence electrons. The highest BCUT2D eigenvalue weighted by Gasteiger charge is 2.16. The number of halogens is 1. The molecule has 3 heteroatoms. The first-order chi connectivity index (χ1) is 15.7. The summed E-state index contributed by atoms with van der Waals surface area (Å²) in [6, 6.07) is 29.2. The molecule has 0 bridgehead atoms. The van der Waals surface area contributed by atoms with Crippen molar-refractivity contribution in [3.05, 3.63) is 101 Å². The van der Waals surface area contributed by atoms with Gasteiger partial charge in [0.25, 0.3) is 0 Å². The molecule has 1 unspecified atom stereocenters. The Kier molecular flexibility index (Phi) is 12.6. The van der Waals surface area contributed by atoms with E-state index in [2.05, 4.69) is 71.7 Å². The van der Waals surface area contributed by atoms with Gasteiger partial charge in [0.2, 0.25) is 0 Å². The van der Waals surface area contributed by atoms with Crippen LogP contribution in [0.15, 0.2) is 84.9 Å². The van der Waals surface area contributed by atoms with Crippen LogP contribution < -0.4 is 10.2 Å². The van der Waals surface area contributed by atoms with Crippen molar-refractivity contribution >= 4 is 17.3 Å². The number of benzene rings is 3. The van der Waals surface area contributed by atoms with Crippen LogP contribution in [0.1, 0.15) is 37.8 Å². The summed E-state index contributed by atoms with van der Waals surface area (Å²) in [6.07, 6.45) is 3.64. The van der Waals surface area contributed by atoms with Crippen molar-refractivity contribution in [3.8, 4) is 0 Å². The molecule has 1 aliphatic heterocycles. The highest BCUT2D eigenvalue weighted by molar-refractivity contribution is 6.30. The first kappa shape index (κ1) is 26.0. The lowest BCUT2D eigenvalue weighted by molar-refractivity contribution is 0.525. The number of nitrogens with one attached hydrogen (secondary N) is 1. The van der Waals surface area contributed by atoms with Gasteiger partial charge in [-0.3, -0.25) is 0 Å². The Bertz CT molecular complexity index is 828. The quantitative estimate of drug-likeness (QED) is 0.403.